The Balaban J connectivity index is 0.000000153. The number of alkyl halides is 1. The number of aromatic amines is 1. The molecular weight excluding hydrogens is 1130 g/mol. The van der Waals surface area contributed by atoms with Crippen molar-refractivity contribution in [3.05, 3.63) is 133 Å². The molecule has 0 bridgehead atoms. The van der Waals surface area contributed by atoms with Gasteiger partial charge in [-0.25, -0.2) is 0 Å². The molecule has 0 spiro atoms. The van der Waals surface area contributed by atoms with Gasteiger partial charge in [-0.2, -0.15) is 0 Å². The fourth-order valence-electron chi connectivity index (χ4n) is 11.7. The van der Waals surface area contributed by atoms with E-state index in [4.69, 9.17) is 25.1 Å². The lowest BCUT2D eigenvalue weighted by atomic mass is 9.69. The second-order valence-electron chi connectivity index (χ2n) is 26.3. The van der Waals surface area contributed by atoms with Gasteiger partial charge in [0.25, 0.3) is 5.91 Å². The normalized spacial score (nSPS) is 21.6. The number of morpholine rings is 1. The first kappa shape index (κ1) is 65.8. The van der Waals surface area contributed by atoms with Crippen molar-refractivity contribution in [3.8, 4) is 23.0 Å². The van der Waals surface area contributed by atoms with Crippen LogP contribution in [-0.2, 0) is 25.5 Å². The number of anilines is 4. The summed E-state index contributed by atoms with van der Waals surface area (Å²) in [5.41, 5.74) is 11.2. The predicted molar refractivity (Wildman–Crippen MR) is 348 cm³/mol. The summed E-state index contributed by atoms with van der Waals surface area (Å²) in [7, 11) is 0. The molecule has 9 N–H and O–H groups in total. The van der Waals surface area contributed by atoms with Crippen LogP contribution < -0.4 is 36.5 Å². The van der Waals surface area contributed by atoms with Crippen LogP contribution in [0.3, 0.4) is 0 Å². The van der Waals surface area contributed by atoms with Crippen LogP contribution >= 0.6 is 15.9 Å². The van der Waals surface area contributed by atoms with Gasteiger partial charge >= 0.3 is 0 Å². The number of H-pyrrole nitrogens is 1. The number of fused-ring (bicyclic) bond motifs is 5. The number of benzene rings is 5. The molecule has 4 atom stereocenters. The largest absolute Gasteiger partial charge is 0.506 e. The Hall–Kier alpha value is -6.75. The number of carbonyl (C=O) groups is 3. The van der Waals surface area contributed by atoms with E-state index in [2.05, 4.69) is 120 Å². The number of piperidine rings is 1. The van der Waals surface area contributed by atoms with Gasteiger partial charge in [-0.15, -0.1) is 0 Å². The van der Waals surface area contributed by atoms with Crippen LogP contribution in [0, 0.1) is 18.3 Å². The molecular formula is C69H94BrN7O8. The highest BCUT2D eigenvalue weighted by molar-refractivity contribution is 9.10. The second-order valence-corrected chi connectivity index (χ2v) is 28.3. The van der Waals surface area contributed by atoms with Crippen molar-refractivity contribution in [2.45, 2.75) is 186 Å². The van der Waals surface area contributed by atoms with Crippen LogP contribution in [0.25, 0.3) is 10.9 Å². The average Bonchev–Trinajstić information content (AvgIpc) is 2.39. The van der Waals surface area contributed by atoms with Gasteiger partial charge in [-0.05, 0) is 178 Å². The Morgan fingerprint density at radius 3 is 2.05 bits per heavy atom. The third-order valence-corrected chi connectivity index (χ3v) is 16.6. The molecule has 4 fully saturated rings. The van der Waals surface area contributed by atoms with Crippen molar-refractivity contribution in [3.63, 3.8) is 0 Å². The number of rotatable bonds is 5. The van der Waals surface area contributed by atoms with E-state index in [1.54, 1.807) is 70.2 Å². The summed E-state index contributed by atoms with van der Waals surface area (Å²) in [6, 6.07) is 36.2. The molecule has 2 saturated heterocycles. The predicted octanol–water partition coefficient (Wildman–Crippen LogP) is 14.5. The number of nitrogens with two attached hydrogens (primary N) is 1. The number of phenolic OH excluding ortho intramolecular Hbond substituents is 2. The lowest BCUT2D eigenvalue weighted by Crippen LogP contribution is -2.57. The summed E-state index contributed by atoms with van der Waals surface area (Å²) in [5.74, 6) is 2.67. The maximum absolute atomic E-state index is 13.2. The minimum atomic E-state index is -0.769. The van der Waals surface area contributed by atoms with E-state index in [1.807, 2.05) is 48.5 Å². The highest BCUT2D eigenvalue weighted by atomic mass is 79.9. The van der Waals surface area contributed by atoms with E-state index >= 15 is 0 Å². The van der Waals surface area contributed by atoms with E-state index in [9.17, 15) is 19.5 Å². The minimum Gasteiger partial charge on any atom is -0.506 e. The Morgan fingerprint density at radius 1 is 0.741 bits per heavy atom. The van der Waals surface area contributed by atoms with E-state index in [0.717, 1.165) is 48.9 Å². The fraction of sp³-hybridized carbons (Fsp3) is 0.493. The molecule has 4 unspecified atom stereocenters. The number of phenols is 2. The Morgan fingerprint density at radius 2 is 1.36 bits per heavy atom. The zero-order chi connectivity index (χ0) is 61.7. The van der Waals surface area contributed by atoms with Crippen molar-refractivity contribution in [2.75, 3.05) is 41.3 Å². The molecule has 2 saturated carbocycles. The number of aromatic nitrogens is 1. The van der Waals surface area contributed by atoms with Gasteiger partial charge in [0.15, 0.2) is 5.60 Å². The molecule has 2 aliphatic carbocycles. The molecule has 5 heterocycles. The van der Waals surface area contributed by atoms with Gasteiger partial charge in [0, 0.05) is 48.7 Å². The summed E-state index contributed by atoms with van der Waals surface area (Å²) in [4.78, 5) is 41.8. The summed E-state index contributed by atoms with van der Waals surface area (Å²) in [6.45, 7) is 25.1. The number of aryl methyl sites for hydroxylation is 2. The maximum atomic E-state index is 13.2. The first-order chi connectivity index (χ1) is 40.1. The quantitative estimate of drug-likeness (QED) is 0.0462. The van der Waals surface area contributed by atoms with E-state index in [-0.39, 0.29) is 39.9 Å². The number of amides is 3. The lowest BCUT2D eigenvalue weighted by molar-refractivity contribution is -0.141. The molecule has 16 heteroatoms. The highest BCUT2D eigenvalue weighted by Crippen LogP contribution is 2.43. The first-order valence-electron chi connectivity index (χ1n) is 30.3. The highest BCUT2D eigenvalue weighted by Gasteiger charge is 2.43. The Kier molecular flexibility index (Phi) is 22.2. The van der Waals surface area contributed by atoms with Crippen LogP contribution in [0.4, 0.5) is 22.7 Å². The van der Waals surface area contributed by atoms with E-state index in [1.165, 1.54) is 85.9 Å². The number of nitrogens with one attached hydrogen (secondary N) is 5. The van der Waals surface area contributed by atoms with Crippen LogP contribution in [-0.4, -0.2) is 96.8 Å². The van der Waals surface area contributed by atoms with Gasteiger partial charge in [-0.1, -0.05) is 116 Å². The smallest absolute Gasteiger partial charge is 0.268 e. The van der Waals surface area contributed by atoms with Crippen LogP contribution in [0.1, 0.15) is 145 Å². The summed E-state index contributed by atoms with van der Waals surface area (Å²) in [5, 5.41) is 31.8. The average molecular weight is 1230 g/mol. The number of nitrogen functional groups attached to an aromatic ring is 1. The fourth-order valence-corrected chi connectivity index (χ4v) is 11.8. The number of halogens is 1. The van der Waals surface area contributed by atoms with Crippen LogP contribution in [0.15, 0.2) is 121 Å². The number of likely N-dealkylation sites (tertiary alicyclic amines) is 1. The summed E-state index contributed by atoms with van der Waals surface area (Å²) >= 11 is 3.23. The first-order valence-corrected chi connectivity index (χ1v) is 31.1. The number of hydrogen-bond acceptors (Lipinski definition) is 11. The number of para-hydroxylation sites is 8. The monoisotopic (exact) mass is 1230 g/mol. The molecule has 1 aromatic heterocycles. The van der Waals surface area contributed by atoms with Crippen molar-refractivity contribution in [1.82, 2.24) is 15.2 Å². The SMILES string of the molecule is CC(C)(Br)C(=O)Nc1ccccc1O.CC1(C)CNC2CCCCC2O1.CC1(C)CNc2ccccc2O1.CC1(C)Oc2ccccc2NC1=O.Cc1cccc2[nH]cc(CCC(=O)N3CC(C)(C)CC4CCCCC43)c12.Nc1ccccc1O. The molecule has 85 heavy (non-hydrogen) atoms. The molecule has 3 amide bonds. The van der Waals surface area contributed by atoms with Gasteiger partial charge in [-0.3, -0.25) is 14.4 Å². The molecule has 4 aliphatic heterocycles. The maximum Gasteiger partial charge on any atom is 0.268 e. The molecule has 12 rings (SSSR count). The second kappa shape index (κ2) is 28.6. The molecule has 5 aromatic carbocycles. The topological polar surface area (TPSA) is 213 Å². The number of hydrogen-bond donors (Lipinski definition) is 8. The van der Waals surface area contributed by atoms with Gasteiger partial charge in [0.05, 0.1) is 45.3 Å². The minimum absolute atomic E-state index is 0.0541. The Labute approximate surface area is 513 Å². The van der Waals surface area contributed by atoms with Gasteiger partial charge in [0.1, 0.15) is 28.6 Å². The number of aromatic hydroxyl groups is 2. The zero-order valence-corrected chi connectivity index (χ0v) is 53.6. The molecule has 15 nitrogen and oxygen atoms in total. The van der Waals surface area contributed by atoms with E-state index < -0.39 is 9.93 Å². The lowest BCUT2D eigenvalue weighted by Gasteiger charge is -2.50. The van der Waals surface area contributed by atoms with Gasteiger partial charge < -0.3 is 61.3 Å². The Bertz CT molecular complexity index is 3160. The van der Waals surface area contributed by atoms with Crippen LogP contribution in [0.5, 0.6) is 23.0 Å². The standard InChI is InChI=1S/C23H32N2O.C10H12BrNO2.C10H11NO2.C10H19NO.C10H13NO.C6H7NO/c1-16-7-6-9-19-22(16)18(14-24-19)11-12-21(26)25-15-23(2,3)13-17-8-4-5-10-20(17)25;1-10(2,11)9(14)12-7-5-3-4-6-8(7)13;1-10(2)9(12)11-7-5-3-4-6-8(7)13-10;2*1-10(2)7-11-8-5-3-4-6-9(8)12-10;7-5-3-1-2-4-6(5)8/h6-7,9,14,17,20,24H,4-5,8,10-13,15H2,1-3H3;3-6,13H,1-2H3,(H,12,14);3-6H,1-2H3,(H,11,12);8-9,11H,3-7H2,1-2H3;3-6,11H,7H2,1-2H3;1-4,8H,7H2. The van der Waals surface area contributed by atoms with Crippen molar-refractivity contribution in [1.29, 1.82) is 0 Å². The van der Waals surface area contributed by atoms with E-state index in [0.29, 0.717) is 47.8 Å². The molecule has 460 valence electrons. The molecule has 6 aromatic rings. The van der Waals surface area contributed by atoms with Crippen molar-refractivity contribution >= 4 is 67.3 Å². The summed E-state index contributed by atoms with van der Waals surface area (Å²) in [6.07, 6.45) is 15.7. The third kappa shape index (κ3) is 18.9. The number of carbonyl (C=O) groups excluding carboxylic acids is 3. The zero-order valence-electron chi connectivity index (χ0n) is 52.0. The molecule has 6 aliphatic rings. The van der Waals surface area contributed by atoms with Crippen LogP contribution in [0.2, 0.25) is 0 Å². The summed E-state index contributed by atoms with van der Waals surface area (Å²) < 4.78 is 16.6. The number of nitrogens with zero attached hydrogens (tertiary/aromatic N) is 1. The third-order valence-electron chi connectivity index (χ3n) is 16.2. The molecule has 0 radical (unpaired) electrons. The van der Waals surface area contributed by atoms with Crippen molar-refractivity contribution < 1.29 is 38.8 Å². The van der Waals surface area contributed by atoms with Crippen molar-refractivity contribution in [2.24, 2.45) is 11.3 Å². The number of ether oxygens (including phenoxy) is 3. The van der Waals surface area contributed by atoms with Gasteiger partial charge in [0.2, 0.25) is 11.8 Å².